The zero-order valence-electron chi connectivity index (χ0n) is 12.3. The molecule has 0 aliphatic rings. The molecule has 6 nitrogen and oxygen atoms in total. The quantitative estimate of drug-likeness (QED) is 0.823. The summed E-state index contributed by atoms with van der Waals surface area (Å²) in [6, 6.07) is 5.23. The van der Waals surface area contributed by atoms with Crippen LogP contribution >= 0.6 is 0 Å². The molecule has 1 aromatic rings. The maximum absolute atomic E-state index is 11.8. The third-order valence-electron chi connectivity index (χ3n) is 2.78. The zero-order chi connectivity index (χ0) is 15.1. The molecule has 0 aliphatic carbocycles. The molecule has 20 heavy (non-hydrogen) atoms. The Labute approximate surface area is 119 Å². The van der Waals surface area contributed by atoms with Crippen LogP contribution in [-0.2, 0) is 6.54 Å². The van der Waals surface area contributed by atoms with Gasteiger partial charge in [0, 0.05) is 20.1 Å². The van der Waals surface area contributed by atoms with Gasteiger partial charge in [0.1, 0.15) is 0 Å². The lowest BCUT2D eigenvalue weighted by atomic mass is 10.2. The fraction of sp³-hybridized carbons (Fsp3) is 0.500. The highest BCUT2D eigenvalue weighted by Crippen LogP contribution is 2.27. The van der Waals surface area contributed by atoms with Crippen LogP contribution in [-0.4, -0.2) is 50.0 Å². The first-order valence-electron chi connectivity index (χ1n) is 6.35. The number of methoxy groups -OCH3 is 2. The lowest BCUT2D eigenvalue weighted by molar-refractivity contribution is 0.143. The number of ether oxygens (including phenoxy) is 2. The molecule has 1 aromatic carbocycles. The van der Waals surface area contributed by atoms with Crippen molar-refractivity contribution in [2.24, 2.45) is 0 Å². The lowest BCUT2D eigenvalue weighted by Crippen LogP contribution is -2.40. The topological polar surface area (TPSA) is 71.0 Å². The summed E-state index contributed by atoms with van der Waals surface area (Å²) in [4.78, 5) is 13.2. The number of rotatable bonds is 6. The van der Waals surface area contributed by atoms with Gasteiger partial charge in [0.2, 0.25) is 0 Å². The second kappa shape index (κ2) is 7.59. The molecule has 2 amide bonds. The minimum Gasteiger partial charge on any atom is -0.493 e. The van der Waals surface area contributed by atoms with Gasteiger partial charge in [-0.2, -0.15) is 0 Å². The summed E-state index contributed by atoms with van der Waals surface area (Å²) >= 11 is 0. The third-order valence-corrected chi connectivity index (χ3v) is 2.78. The molecule has 0 spiro atoms. The molecule has 0 bridgehead atoms. The molecule has 0 saturated carbocycles. The Bertz CT molecular complexity index is 449. The van der Waals surface area contributed by atoms with Crippen molar-refractivity contribution in [3.05, 3.63) is 23.8 Å². The van der Waals surface area contributed by atoms with Gasteiger partial charge in [0.25, 0.3) is 0 Å². The summed E-state index contributed by atoms with van der Waals surface area (Å²) in [6.07, 6.45) is -0.549. The summed E-state index contributed by atoms with van der Waals surface area (Å²) in [5.41, 5.74) is 0.904. The van der Waals surface area contributed by atoms with Crippen molar-refractivity contribution < 1.29 is 19.4 Å². The number of hydrogen-bond donors (Lipinski definition) is 2. The summed E-state index contributed by atoms with van der Waals surface area (Å²) in [5.74, 6) is 1.27. The van der Waals surface area contributed by atoms with E-state index in [0.29, 0.717) is 18.0 Å². The fourth-order valence-corrected chi connectivity index (χ4v) is 1.78. The number of aliphatic hydroxyl groups excluding tert-OH is 1. The largest absolute Gasteiger partial charge is 0.493 e. The second-order valence-corrected chi connectivity index (χ2v) is 4.58. The van der Waals surface area contributed by atoms with Gasteiger partial charge in [-0.05, 0) is 24.6 Å². The molecule has 1 rings (SSSR count). The van der Waals surface area contributed by atoms with E-state index in [1.165, 1.54) is 4.90 Å². The predicted octanol–water partition coefficient (Wildman–Crippen LogP) is 1.23. The minimum atomic E-state index is -0.549. The molecule has 112 valence electrons. The number of nitrogens with zero attached hydrogens (tertiary/aromatic N) is 1. The average molecular weight is 282 g/mol. The number of benzene rings is 1. The van der Waals surface area contributed by atoms with Gasteiger partial charge >= 0.3 is 6.03 Å². The van der Waals surface area contributed by atoms with E-state index < -0.39 is 6.10 Å². The van der Waals surface area contributed by atoms with Gasteiger partial charge in [-0.25, -0.2) is 4.79 Å². The smallest absolute Gasteiger partial charge is 0.317 e. The van der Waals surface area contributed by atoms with Crippen LogP contribution in [0.1, 0.15) is 12.5 Å². The van der Waals surface area contributed by atoms with E-state index in [1.54, 1.807) is 34.3 Å². The van der Waals surface area contributed by atoms with Crippen molar-refractivity contribution in [1.82, 2.24) is 10.2 Å². The second-order valence-electron chi connectivity index (χ2n) is 4.58. The Hall–Kier alpha value is -1.95. The van der Waals surface area contributed by atoms with E-state index >= 15 is 0 Å². The number of carbonyl (C=O) groups excluding carboxylic acids is 1. The van der Waals surface area contributed by atoms with Gasteiger partial charge in [-0.1, -0.05) is 6.07 Å². The number of amides is 2. The van der Waals surface area contributed by atoms with Crippen molar-refractivity contribution in [1.29, 1.82) is 0 Å². The molecule has 6 heteroatoms. The number of urea groups is 1. The highest BCUT2D eigenvalue weighted by atomic mass is 16.5. The Balaban J connectivity index is 2.59. The highest BCUT2D eigenvalue weighted by molar-refractivity contribution is 5.73. The van der Waals surface area contributed by atoms with Gasteiger partial charge in [-0.3, -0.25) is 0 Å². The maximum Gasteiger partial charge on any atom is 0.317 e. The first-order chi connectivity index (χ1) is 9.47. The van der Waals surface area contributed by atoms with Crippen molar-refractivity contribution in [3.8, 4) is 11.5 Å². The van der Waals surface area contributed by atoms with Crippen LogP contribution in [0.15, 0.2) is 18.2 Å². The van der Waals surface area contributed by atoms with Crippen molar-refractivity contribution in [2.45, 2.75) is 19.6 Å². The van der Waals surface area contributed by atoms with Gasteiger partial charge in [-0.15, -0.1) is 0 Å². The summed E-state index contributed by atoms with van der Waals surface area (Å²) < 4.78 is 10.4. The number of carbonyl (C=O) groups is 1. The number of hydrogen-bond acceptors (Lipinski definition) is 4. The molecule has 0 radical (unpaired) electrons. The third kappa shape index (κ3) is 4.62. The number of aliphatic hydroxyl groups is 1. The molecular weight excluding hydrogens is 260 g/mol. The Morgan fingerprint density at radius 1 is 1.35 bits per heavy atom. The Morgan fingerprint density at radius 2 is 2.00 bits per heavy atom. The SMILES string of the molecule is COc1ccc(CNC(=O)N(C)C[C@@H](C)O)cc1OC. The van der Waals surface area contributed by atoms with Gasteiger partial charge in [0.15, 0.2) is 11.5 Å². The molecule has 2 N–H and O–H groups in total. The molecule has 0 aliphatic heterocycles. The molecule has 0 fully saturated rings. The summed E-state index contributed by atoms with van der Waals surface area (Å²) in [7, 11) is 4.78. The van der Waals surface area contributed by atoms with Gasteiger partial charge in [0.05, 0.1) is 20.3 Å². The number of nitrogens with one attached hydrogen (secondary N) is 1. The molecule has 0 aromatic heterocycles. The van der Waals surface area contributed by atoms with Crippen molar-refractivity contribution in [2.75, 3.05) is 27.8 Å². The normalized spacial score (nSPS) is 11.7. The van der Waals surface area contributed by atoms with E-state index in [4.69, 9.17) is 9.47 Å². The highest BCUT2D eigenvalue weighted by Gasteiger charge is 2.11. The number of likely N-dealkylation sites (N-methyl/N-ethyl adjacent to an activating group) is 1. The maximum atomic E-state index is 11.8. The van der Waals surface area contributed by atoms with Crippen LogP contribution in [0, 0.1) is 0 Å². The Morgan fingerprint density at radius 3 is 2.55 bits per heavy atom. The van der Waals surface area contributed by atoms with E-state index in [1.807, 2.05) is 12.1 Å². The predicted molar refractivity (Wildman–Crippen MR) is 76.1 cm³/mol. The summed E-state index contributed by atoms with van der Waals surface area (Å²) in [6.45, 7) is 2.30. The Kier molecular flexibility index (Phi) is 6.11. The average Bonchev–Trinajstić information content (AvgIpc) is 2.43. The monoisotopic (exact) mass is 282 g/mol. The van der Waals surface area contributed by atoms with E-state index in [9.17, 15) is 9.90 Å². The molecule has 0 saturated heterocycles. The molecule has 0 heterocycles. The van der Waals surface area contributed by atoms with Crippen LogP contribution in [0.2, 0.25) is 0 Å². The standard InChI is InChI=1S/C14H22N2O4/c1-10(17)9-16(2)14(18)15-8-11-5-6-12(19-3)13(7-11)20-4/h5-7,10,17H,8-9H2,1-4H3,(H,15,18)/t10-/m1/s1. The van der Waals surface area contributed by atoms with Crippen LogP contribution in [0.3, 0.4) is 0 Å². The van der Waals surface area contributed by atoms with E-state index in [-0.39, 0.29) is 12.6 Å². The van der Waals surface area contributed by atoms with E-state index in [2.05, 4.69) is 5.32 Å². The minimum absolute atomic E-state index is 0.235. The molecule has 0 unspecified atom stereocenters. The van der Waals surface area contributed by atoms with Crippen LogP contribution in [0.4, 0.5) is 4.79 Å². The first kappa shape index (κ1) is 16.1. The molecule has 1 atom stereocenters. The molecular formula is C14H22N2O4. The fourth-order valence-electron chi connectivity index (χ4n) is 1.78. The summed E-state index contributed by atoms with van der Waals surface area (Å²) in [5, 5.41) is 12.0. The van der Waals surface area contributed by atoms with Crippen molar-refractivity contribution in [3.63, 3.8) is 0 Å². The van der Waals surface area contributed by atoms with Crippen LogP contribution in [0.5, 0.6) is 11.5 Å². The van der Waals surface area contributed by atoms with Gasteiger partial charge < -0.3 is 24.8 Å². The lowest BCUT2D eigenvalue weighted by Gasteiger charge is -2.19. The zero-order valence-corrected chi connectivity index (χ0v) is 12.3. The van der Waals surface area contributed by atoms with Crippen LogP contribution < -0.4 is 14.8 Å². The van der Waals surface area contributed by atoms with Crippen LogP contribution in [0.25, 0.3) is 0 Å². The first-order valence-corrected chi connectivity index (χ1v) is 6.35. The van der Waals surface area contributed by atoms with Crippen molar-refractivity contribution >= 4 is 6.03 Å². The van der Waals surface area contributed by atoms with E-state index in [0.717, 1.165) is 5.56 Å².